The molecule has 0 saturated carbocycles. The highest BCUT2D eigenvalue weighted by atomic mass is 16.2. The minimum absolute atomic E-state index is 0.138. The molecule has 3 aromatic rings. The van der Waals surface area contributed by atoms with Crippen molar-refractivity contribution in [2.24, 2.45) is 0 Å². The van der Waals surface area contributed by atoms with Crippen LogP contribution in [0.5, 0.6) is 0 Å². The largest absolute Gasteiger partial charge is 0.289 e. The summed E-state index contributed by atoms with van der Waals surface area (Å²) in [6, 6.07) is 19.2. The van der Waals surface area contributed by atoms with Crippen molar-refractivity contribution in [1.29, 1.82) is 0 Å². The van der Waals surface area contributed by atoms with Crippen LogP contribution in [-0.2, 0) is 0 Å². The minimum atomic E-state index is -0.634. The second-order valence-electron chi connectivity index (χ2n) is 6.11. The second kappa shape index (κ2) is 6.46. The fourth-order valence-corrected chi connectivity index (χ4v) is 3.08. The van der Waals surface area contributed by atoms with Gasteiger partial charge in [0.2, 0.25) is 0 Å². The average molecular weight is 355 g/mol. The molecular weight excluding hydrogens is 342 g/mol. The molecule has 0 atom stereocenters. The molecule has 0 radical (unpaired) electrons. The van der Waals surface area contributed by atoms with Gasteiger partial charge in [-0.15, -0.1) is 0 Å². The first-order valence-electron chi connectivity index (χ1n) is 8.29. The first-order chi connectivity index (χ1) is 13.1. The molecule has 0 fully saturated rings. The molecule has 0 saturated heterocycles. The topological polar surface area (TPSA) is 80.3 Å². The van der Waals surface area contributed by atoms with Crippen LogP contribution in [0.2, 0.25) is 0 Å². The smallest absolute Gasteiger partial charge is 0.258 e. The Morgan fingerprint density at radius 3 is 1.74 bits per heavy atom. The van der Waals surface area contributed by atoms with E-state index < -0.39 is 11.8 Å². The van der Waals surface area contributed by atoms with E-state index in [1.165, 1.54) is 18.2 Å². The molecule has 1 aliphatic rings. The summed E-state index contributed by atoms with van der Waals surface area (Å²) in [5.41, 5.74) is 1.57. The summed E-state index contributed by atoms with van der Waals surface area (Å²) in [7, 11) is 0. The Morgan fingerprint density at radius 2 is 1.07 bits per heavy atom. The molecule has 1 aliphatic carbocycles. The molecule has 1 N–H and O–H groups in total. The van der Waals surface area contributed by atoms with E-state index in [1.54, 1.807) is 54.6 Å². The number of fused-ring (bicyclic) bond motifs is 2. The lowest BCUT2D eigenvalue weighted by Crippen LogP contribution is -2.31. The molecule has 0 unspecified atom stereocenters. The number of carbonyl (C=O) groups is 4. The maximum absolute atomic E-state index is 12.7. The van der Waals surface area contributed by atoms with Crippen LogP contribution in [0.1, 0.15) is 52.6 Å². The van der Waals surface area contributed by atoms with Crippen LogP contribution in [0.15, 0.2) is 72.8 Å². The summed E-state index contributed by atoms with van der Waals surface area (Å²) in [5.74, 6) is -1.74. The maximum atomic E-state index is 12.7. The molecule has 0 spiro atoms. The van der Waals surface area contributed by atoms with Crippen molar-refractivity contribution in [3.63, 3.8) is 0 Å². The predicted molar refractivity (Wildman–Crippen MR) is 98.0 cm³/mol. The van der Waals surface area contributed by atoms with Gasteiger partial charge >= 0.3 is 0 Å². The van der Waals surface area contributed by atoms with E-state index in [0.717, 1.165) is 0 Å². The number of nitrogens with one attached hydrogen (secondary N) is 1. The van der Waals surface area contributed by atoms with Crippen molar-refractivity contribution < 1.29 is 19.2 Å². The number of hydrogen-bond acceptors (Lipinski definition) is 4. The van der Waals surface area contributed by atoms with Crippen molar-refractivity contribution in [2.45, 2.75) is 0 Å². The monoisotopic (exact) mass is 355 g/mol. The highest BCUT2D eigenvalue weighted by Gasteiger charge is 2.30. The highest BCUT2D eigenvalue weighted by molar-refractivity contribution is 6.28. The van der Waals surface area contributed by atoms with Crippen LogP contribution in [0, 0.1) is 0 Å². The number of rotatable bonds is 2. The lowest BCUT2D eigenvalue weighted by atomic mass is 9.83. The zero-order chi connectivity index (χ0) is 19.0. The number of benzene rings is 3. The van der Waals surface area contributed by atoms with E-state index >= 15 is 0 Å². The van der Waals surface area contributed by atoms with Crippen molar-refractivity contribution in [1.82, 2.24) is 5.32 Å². The number of carbonyl (C=O) groups excluding carboxylic acids is 4. The molecule has 130 valence electrons. The second-order valence-corrected chi connectivity index (χ2v) is 6.11. The fourth-order valence-electron chi connectivity index (χ4n) is 3.08. The number of ketones is 2. The summed E-state index contributed by atoms with van der Waals surface area (Å²) in [6.07, 6.45) is 0. The quantitative estimate of drug-likeness (QED) is 0.561. The van der Waals surface area contributed by atoms with Crippen molar-refractivity contribution in [3.8, 4) is 0 Å². The lowest BCUT2D eigenvalue weighted by molar-refractivity contribution is 0.0848. The van der Waals surface area contributed by atoms with Crippen LogP contribution in [-0.4, -0.2) is 23.4 Å². The van der Waals surface area contributed by atoms with Crippen molar-refractivity contribution in [3.05, 3.63) is 106 Å². The van der Waals surface area contributed by atoms with Gasteiger partial charge in [0.25, 0.3) is 11.8 Å². The van der Waals surface area contributed by atoms with Gasteiger partial charge < -0.3 is 0 Å². The van der Waals surface area contributed by atoms with Gasteiger partial charge in [0.05, 0.1) is 0 Å². The Balaban J connectivity index is 1.65. The normalized spacial score (nSPS) is 12.1. The summed E-state index contributed by atoms with van der Waals surface area (Å²) in [4.78, 5) is 49.9. The summed E-state index contributed by atoms with van der Waals surface area (Å²) in [5, 5.41) is 2.29. The third kappa shape index (κ3) is 2.85. The van der Waals surface area contributed by atoms with Gasteiger partial charge in [-0.05, 0) is 30.3 Å². The molecule has 4 rings (SSSR count). The number of hydrogen-bond donors (Lipinski definition) is 1. The van der Waals surface area contributed by atoms with E-state index in [-0.39, 0.29) is 28.3 Å². The molecule has 5 nitrogen and oxygen atoms in total. The Bertz CT molecular complexity index is 1120. The van der Waals surface area contributed by atoms with Gasteiger partial charge in [-0.25, -0.2) is 0 Å². The summed E-state index contributed by atoms with van der Waals surface area (Å²) < 4.78 is 0. The first-order valence-corrected chi connectivity index (χ1v) is 8.29. The molecule has 27 heavy (non-hydrogen) atoms. The van der Waals surface area contributed by atoms with Crippen LogP contribution >= 0.6 is 0 Å². The van der Waals surface area contributed by atoms with E-state index in [0.29, 0.717) is 16.7 Å². The molecule has 0 heterocycles. The lowest BCUT2D eigenvalue weighted by Gasteiger charge is -2.17. The summed E-state index contributed by atoms with van der Waals surface area (Å²) >= 11 is 0. The average Bonchev–Trinajstić information content (AvgIpc) is 2.72. The van der Waals surface area contributed by atoms with Crippen LogP contribution in [0.4, 0.5) is 0 Å². The molecular formula is C22H13NO4. The van der Waals surface area contributed by atoms with E-state index in [4.69, 9.17) is 0 Å². The van der Waals surface area contributed by atoms with E-state index in [2.05, 4.69) is 5.32 Å². The third-order valence-electron chi connectivity index (χ3n) is 4.45. The molecule has 0 bridgehead atoms. The van der Waals surface area contributed by atoms with Gasteiger partial charge in [0.1, 0.15) is 0 Å². The van der Waals surface area contributed by atoms with E-state index in [1.807, 2.05) is 0 Å². The molecule has 3 aromatic carbocycles. The molecule has 2 amide bonds. The van der Waals surface area contributed by atoms with Crippen LogP contribution in [0.3, 0.4) is 0 Å². The maximum Gasteiger partial charge on any atom is 0.258 e. The SMILES string of the molecule is O=C(NC(=O)c1ccc2c(c1)C(=O)c1ccccc1C2=O)c1ccccc1. The fraction of sp³-hybridized carbons (Fsp3) is 0. The Hall–Kier alpha value is -3.86. The number of amides is 2. The highest BCUT2D eigenvalue weighted by Crippen LogP contribution is 2.27. The first kappa shape index (κ1) is 16.6. The summed E-state index contributed by atoms with van der Waals surface area (Å²) in [6.45, 7) is 0. The van der Waals surface area contributed by atoms with Crippen molar-refractivity contribution in [2.75, 3.05) is 0 Å². The Kier molecular flexibility index (Phi) is 3.97. The van der Waals surface area contributed by atoms with Gasteiger partial charge in [-0.1, -0.05) is 42.5 Å². The standard InChI is InChI=1S/C22H13NO4/c24-19-15-8-4-5-9-16(15)20(25)18-12-14(10-11-17(18)19)22(27)23-21(26)13-6-2-1-3-7-13/h1-12H,(H,23,26,27). The van der Waals surface area contributed by atoms with Gasteiger partial charge in [0.15, 0.2) is 11.6 Å². The Morgan fingerprint density at radius 1 is 0.556 bits per heavy atom. The van der Waals surface area contributed by atoms with Gasteiger partial charge in [-0.2, -0.15) is 0 Å². The molecule has 0 aliphatic heterocycles. The zero-order valence-electron chi connectivity index (χ0n) is 14.1. The van der Waals surface area contributed by atoms with Crippen LogP contribution in [0.25, 0.3) is 0 Å². The van der Waals surface area contributed by atoms with Gasteiger partial charge in [0, 0.05) is 33.4 Å². The molecule has 5 heteroatoms. The van der Waals surface area contributed by atoms with Crippen LogP contribution < -0.4 is 5.32 Å². The Labute approximate surface area is 154 Å². The number of imide groups is 1. The minimum Gasteiger partial charge on any atom is -0.289 e. The van der Waals surface area contributed by atoms with E-state index in [9.17, 15) is 19.2 Å². The third-order valence-corrected chi connectivity index (χ3v) is 4.45. The zero-order valence-corrected chi connectivity index (χ0v) is 14.1. The van der Waals surface area contributed by atoms with Crippen molar-refractivity contribution >= 4 is 23.4 Å². The molecule has 0 aromatic heterocycles. The van der Waals surface area contributed by atoms with Gasteiger partial charge in [-0.3, -0.25) is 24.5 Å². The predicted octanol–water partition coefficient (Wildman–Crippen LogP) is 3.03.